The quantitative estimate of drug-likeness (QED) is 0.416. The highest BCUT2D eigenvalue weighted by molar-refractivity contribution is 9.10. The van der Waals surface area contributed by atoms with Crippen LogP contribution >= 0.6 is 15.9 Å². The minimum atomic E-state index is -0.744. The molecule has 1 fully saturated rings. The lowest BCUT2D eigenvalue weighted by Crippen LogP contribution is -2.32. The number of amides is 1. The third kappa shape index (κ3) is 3.75. The largest absolute Gasteiger partial charge is 0.507 e. The normalized spacial score (nSPS) is 18.9. The van der Waals surface area contributed by atoms with Crippen LogP contribution in [-0.4, -0.2) is 40.0 Å². The van der Waals surface area contributed by atoms with Gasteiger partial charge < -0.3 is 15.1 Å². The SMILES string of the molecule is CC(C)c1ccc(C2/C(=C(/O)c3ccc(Br)cc3)C(=O)C(=O)N2CCO)cc1. The highest BCUT2D eigenvalue weighted by Crippen LogP contribution is 2.39. The fraction of sp³-hybridized carbons (Fsp3) is 0.273. The molecule has 5 nitrogen and oxygen atoms in total. The van der Waals surface area contributed by atoms with Gasteiger partial charge in [0.2, 0.25) is 0 Å². The number of carbonyl (C=O) groups excluding carboxylic acids is 2. The molecule has 1 saturated heterocycles. The molecule has 146 valence electrons. The molecule has 1 atom stereocenters. The van der Waals surface area contributed by atoms with Gasteiger partial charge in [0.05, 0.1) is 18.2 Å². The molecule has 1 unspecified atom stereocenters. The Morgan fingerprint density at radius 3 is 2.21 bits per heavy atom. The highest BCUT2D eigenvalue weighted by Gasteiger charge is 2.45. The summed E-state index contributed by atoms with van der Waals surface area (Å²) in [4.78, 5) is 26.6. The maximum Gasteiger partial charge on any atom is 0.295 e. The van der Waals surface area contributed by atoms with Crippen molar-refractivity contribution >= 4 is 33.4 Å². The van der Waals surface area contributed by atoms with Crippen LogP contribution in [0.1, 0.15) is 42.5 Å². The third-order valence-electron chi connectivity index (χ3n) is 4.92. The molecule has 0 radical (unpaired) electrons. The molecule has 1 aliphatic rings. The molecule has 0 bridgehead atoms. The Kier molecular flexibility index (Phi) is 6.01. The summed E-state index contributed by atoms with van der Waals surface area (Å²) in [6.45, 7) is 3.91. The lowest BCUT2D eigenvalue weighted by Gasteiger charge is -2.25. The van der Waals surface area contributed by atoms with Crippen molar-refractivity contribution in [3.05, 3.63) is 75.3 Å². The number of rotatable bonds is 5. The zero-order chi connectivity index (χ0) is 20.4. The van der Waals surface area contributed by atoms with Gasteiger partial charge in [-0.3, -0.25) is 9.59 Å². The number of halogens is 1. The average Bonchev–Trinajstić information content (AvgIpc) is 2.93. The van der Waals surface area contributed by atoms with Gasteiger partial charge in [-0.1, -0.05) is 66.2 Å². The lowest BCUT2D eigenvalue weighted by atomic mass is 9.93. The van der Waals surface area contributed by atoms with E-state index in [1.807, 2.05) is 24.3 Å². The third-order valence-corrected chi connectivity index (χ3v) is 5.45. The summed E-state index contributed by atoms with van der Waals surface area (Å²) < 4.78 is 0.839. The Hall–Kier alpha value is -2.44. The summed E-state index contributed by atoms with van der Waals surface area (Å²) >= 11 is 3.34. The molecular weight excluding hydrogens is 422 g/mol. The first-order valence-electron chi connectivity index (χ1n) is 9.10. The molecule has 1 heterocycles. The van der Waals surface area contributed by atoms with Gasteiger partial charge in [0.25, 0.3) is 11.7 Å². The molecule has 0 aromatic heterocycles. The van der Waals surface area contributed by atoms with Gasteiger partial charge in [0.15, 0.2) is 0 Å². The molecule has 3 rings (SSSR count). The van der Waals surface area contributed by atoms with Gasteiger partial charge in [-0.05, 0) is 29.2 Å². The summed E-state index contributed by atoms with van der Waals surface area (Å²) in [5, 5.41) is 20.3. The second kappa shape index (κ2) is 8.29. The predicted molar refractivity (Wildman–Crippen MR) is 111 cm³/mol. The summed E-state index contributed by atoms with van der Waals surface area (Å²) in [5.41, 5.74) is 2.35. The van der Waals surface area contributed by atoms with E-state index in [1.54, 1.807) is 24.3 Å². The Balaban J connectivity index is 2.14. The van der Waals surface area contributed by atoms with E-state index in [1.165, 1.54) is 4.90 Å². The molecule has 0 saturated carbocycles. The van der Waals surface area contributed by atoms with E-state index in [0.717, 1.165) is 15.6 Å². The van der Waals surface area contributed by atoms with Gasteiger partial charge in [0.1, 0.15) is 5.76 Å². The van der Waals surface area contributed by atoms with Crippen LogP contribution in [0.4, 0.5) is 0 Å². The zero-order valence-corrected chi connectivity index (χ0v) is 17.3. The molecule has 1 aliphatic heterocycles. The molecule has 0 spiro atoms. The van der Waals surface area contributed by atoms with Crippen molar-refractivity contribution in [3.8, 4) is 0 Å². The van der Waals surface area contributed by atoms with E-state index >= 15 is 0 Å². The first-order valence-corrected chi connectivity index (χ1v) is 9.89. The van der Waals surface area contributed by atoms with E-state index in [-0.39, 0.29) is 24.5 Å². The Morgan fingerprint density at radius 2 is 1.68 bits per heavy atom. The van der Waals surface area contributed by atoms with Crippen molar-refractivity contribution in [1.29, 1.82) is 0 Å². The fourth-order valence-electron chi connectivity index (χ4n) is 3.39. The minimum Gasteiger partial charge on any atom is -0.507 e. The number of Topliss-reactive ketones (excluding diaryl/α,β-unsaturated/α-hetero) is 1. The van der Waals surface area contributed by atoms with Gasteiger partial charge >= 0.3 is 0 Å². The van der Waals surface area contributed by atoms with Gasteiger partial charge in [-0.25, -0.2) is 0 Å². The van der Waals surface area contributed by atoms with Crippen molar-refractivity contribution in [3.63, 3.8) is 0 Å². The number of benzene rings is 2. The molecule has 2 aromatic rings. The number of hydrogen-bond donors (Lipinski definition) is 2. The molecule has 6 heteroatoms. The number of likely N-dealkylation sites (tertiary alicyclic amines) is 1. The second-order valence-electron chi connectivity index (χ2n) is 7.04. The molecule has 2 aromatic carbocycles. The molecule has 28 heavy (non-hydrogen) atoms. The number of aliphatic hydroxyl groups excluding tert-OH is 2. The number of nitrogens with zero attached hydrogens (tertiary/aromatic N) is 1. The van der Waals surface area contributed by atoms with E-state index in [4.69, 9.17) is 0 Å². The van der Waals surface area contributed by atoms with Crippen molar-refractivity contribution in [1.82, 2.24) is 4.90 Å². The van der Waals surface area contributed by atoms with Crippen molar-refractivity contribution in [2.75, 3.05) is 13.2 Å². The van der Waals surface area contributed by atoms with Crippen LogP contribution in [0.15, 0.2) is 58.6 Å². The first kappa shape index (κ1) is 20.3. The zero-order valence-electron chi connectivity index (χ0n) is 15.7. The minimum absolute atomic E-state index is 0.0122. The Bertz CT molecular complexity index is 917. The predicted octanol–water partition coefficient (Wildman–Crippen LogP) is 3.99. The van der Waals surface area contributed by atoms with Crippen LogP contribution in [0, 0.1) is 0 Å². The van der Waals surface area contributed by atoms with E-state index in [0.29, 0.717) is 11.5 Å². The average molecular weight is 444 g/mol. The van der Waals surface area contributed by atoms with E-state index in [2.05, 4.69) is 29.8 Å². The standard InChI is InChI=1S/C22H22BrNO4/c1-13(2)14-3-5-15(6-4-14)19-18(21(27)22(28)24(19)11-12-25)20(26)16-7-9-17(23)10-8-16/h3-10,13,19,25-26H,11-12H2,1-2H3/b20-18-. The van der Waals surface area contributed by atoms with E-state index < -0.39 is 17.7 Å². The number of carbonyl (C=O) groups is 2. The van der Waals surface area contributed by atoms with Gasteiger partial charge in [-0.2, -0.15) is 0 Å². The smallest absolute Gasteiger partial charge is 0.295 e. The van der Waals surface area contributed by atoms with Crippen LogP contribution in [0.2, 0.25) is 0 Å². The van der Waals surface area contributed by atoms with Crippen LogP contribution in [0.3, 0.4) is 0 Å². The summed E-state index contributed by atoms with van der Waals surface area (Å²) in [6.07, 6.45) is 0. The molecule has 2 N–H and O–H groups in total. The van der Waals surface area contributed by atoms with Crippen molar-refractivity contribution < 1.29 is 19.8 Å². The summed E-state index contributed by atoms with van der Waals surface area (Å²) in [5.74, 6) is -1.33. The van der Waals surface area contributed by atoms with Crippen LogP contribution in [-0.2, 0) is 9.59 Å². The van der Waals surface area contributed by atoms with Gasteiger partial charge in [-0.15, -0.1) is 0 Å². The van der Waals surface area contributed by atoms with Gasteiger partial charge in [0, 0.05) is 16.6 Å². The van der Waals surface area contributed by atoms with Crippen LogP contribution < -0.4 is 0 Å². The monoisotopic (exact) mass is 443 g/mol. The number of β-amino-alcohol motifs (C(OH)–C–C–N with tert-alkyl or cyclic N) is 1. The highest BCUT2D eigenvalue weighted by atomic mass is 79.9. The summed E-state index contributed by atoms with van der Waals surface area (Å²) in [7, 11) is 0. The fourth-order valence-corrected chi connectivity index (χ4v) is 3.66. The van der Waals surface area contributed by atoms with Crippen molar-refractivity contribution in [2.45, 2.75) is 25.8 Å². The molecular formula is C22H22BrNO4. The van der Waals surface area contributed by atoms with Crippen molar-refractivity contribution in [2.24, 2.45) is 0 Å². The Morgan fingerprint density at radius 1 is 1.07 bits per heavy atom. The number of hydrogen-bond acceptors (Lipinski definition) is 4. The molecule has 1 amide bonds. The Labute approximate surface area is 172 Å². The summed E-state index contributed by atoms with van der Waals surface area (Å²) in [6, 6.07) is 13.8. The molecule has 0 aliphatic carbocycles. The maximum absolute atomic E-state index is 12.7. The van der Waals surface area contributed by atoms with Crippen LogP contribution in [0.5, 0.6) is 0 Å². The first-order chi connectivity index (χ1) is 13.3. The number of aliphatic hydroxyl groups is 2. The van der Waals surface area contributed by atoms with E-state index in [9.17, 15) is 19.8 Å². The number of ketones is 1. The topological polar surface area (TPSA) is 77.8 Å². The maximum atomic E-state index is 12.7. The second-order valence-corrected chi connectivity index (χ2v) is 7.96. The van der Waals surface area contributed by atoms with Crippen LogP contribution in [0.25, 0.3) is 5.76 Å². The lowest BCUT2D eigenvalue weighted by molar-refractivity contribution is -0.140.